The zero-order valence-electron chi connectivity index (χ0n) is 18.6. The van der Waals surface area contributed by atoms with Gasteiger partial charge in [0.2, 0.25) is 6.41 Å². The number of aromatic nitrogens is 2. The molecule has 0 bridgehead atoms. The summed E-state index contributed by atoms with van der Waals surface area (Å²) in [5.41, 5.74) is 1.90. The highest BCUT2D eigenvalue weighted by Crippen LogP contribution is 2.30. The van der Waals surface area contributed by atoms with Crippen molar-refractivity contribution in [3.8, 4) is 11.3 Å². The highest BCUT2D eigenvalue weighted by molar-refractivity contribution is 7.92. The standard InChI is InChI=1S/C23H24FN3O6S/c1-16(17-5-9-20(10-6-17)34(31,32)14-23(30)33-12-11-28)27(15-29)22-13-21(25-26(22)2)18-3-7-19(24)8-4-18/h3-10,13,15-16,28H,11-12,14H2,1-2H3/t16-/m1/s1. The van der Waals surface area contributed by atoms with Crippen molar-refractivity contribution in [1.82, 2.24) is 9.78 Å². The van der Waals surface area contributed by atoms with Crippen LogP contribution in [-0.2, 0) is 31.2 Å². The van der Waals surface area contributed by atoms with Crippen LogP contribution in [0.25, 0.3) is 11.3 Å². The number of nitrogens with zero attached hydrogens (tertiary/aromatic N) is 3. The lowest BCUT2D eigenvalue weighted by atomic mass is 10.1. The fourth-order valence-electron chi connectivity index (χ4n) is 3.36. The van der Waals surface area contributed by atoms with Crippen molar-refractivity contribution in [3.05, 3.63) is 66.0 Å². The van der Waals surface area contributed by atoms with E-state index in [1.807, 2.05) is 0 Å². The number of ether oxygens (including phenoxy) is 1. The molecule has 180 valence electrons. The summed E-state index contributed by atoms with van der Waals surface area (Å²) in [7, 11) is -2.25. The summed E-state index contributed by atoms with van der Waals surface area (Å²) in [6.07, 6.45) is 0.651. The molecule has 0 fully saturated rings. The smallest absolute Gasteiger partial charge is 0.321 e. The molecule has 3 aromatic rings. The second kappa shape index (κ2) is 10.6. The highest BCUT2D eigenvalue weighted by atomic mass is 32.2. The van der Waals surface area contributed by atoms with Gasteiger partial charge in [0, 0.05) is 18.7 Å². The molecule has 0 saturated carbocycles. The molecule has 1 aromatic heterocycles. The third kappa shape index (κ3) is 5.67. The second-order valence-electron chi connectivity index (χ2n) is 7.48. The maximum absolute atomic E-state index is 13.2. The number of carbonyl (C=O) groups is 2. The van der Waals surface area contributed by atoms with Gasteiger partial charge >= 0.3 is 5.97 Å². The van der Waals surface area contributed by atoms with E-state index in [4.69, 9.17) is 5.11 Å². The molecule has 0 spiro atoms. The van der Waals surface area contributed by atoms with Crippen molar-refractivity contribution in [2.45, 2.75) is 17.9 Å². The molecule has 11 heteroatoms. The van der Waals surface area contributed by atoms with Crippen LogP contribution in [0.2, 0.25) is 0 Å². The van der Waals surface area contributed by atoms with Crippen molar-refractivity contribution in [1.29, 1.82) is 0 Å². The van der Waals surface area contributed by atoms with Gasteiger partial charge in [-0.1, -0.05) is 12.1 Å². The first kappa shape index (κ1) is 25.1. The number of sulfone groups is 1. The predicted molar refractivity (Wildman–Crippen MR) is 122 cm³/mol. The minimum absolute atomic E-state index is 0.0684. The van der Waals surface area contributed by atoms with Gasteiger partial charge in [0.1, 0.15) is 18.2 Å². The predicted octanol–water partition coefficient (Wildman–Crippen LogP) is 2.26. The summed E-state index contributed by atoms with van der Waals surface area (Å²) < 4.78 is 44.2. The van der Waals surface area contributed by atoms with Crippen LogP contribution in [0.4, 0.5) is 10.2 Å². The molecule has 1 atom stereocenters. The number of aliphatic hydroxyl groups excluding tert-OH is 1. The maximum atomic E-state index is 13.2. The summed E-state index contributed by atoms with van der Waals surface area (Å²) in [6, 6.07) is 12.9. The van der Waals surface area contributed by atoms with E-state index in [0.717, 1.165) is 0 Å². The topological polar surface area (TPSA) is 119 Å². The average Bonchev–Trinajstić information content (AvgIpc) is 3.19. The van der Waals surface area contributed by atoms with Crippen LogP contribution in [0.3, 0.4) is 0 Å². The van der Waals surface area contributed by atoms with E-state index in [9.17, 15) is 22.4 Å². The van der Waals surface area contributed by atoms with Gasteiger partial charge in [-0.15, -0.1) is 0 Å². The number of amides is 1. The SMILES string of the molecule is C[C@H](c1ccc(S(=O)(=O)CC(=O)OCCO)cc1)N(C=O)c1cc(-c2ccc(F)cc2)nn1C. The fraction of sp³-hybridized carbons (Fsp3) is 0.261. The van der Waals surface area contributed by atoms with Crippen LogP contribution in [-0.4, -0.2) is 54.7 Å². The minimum Gasteiger partial charge on any atom is -0.462 e. The van der Waals surface area contributed by atoms with Crippen LogP contribution in [0.1, 0.15) is 18.5 Å². The summed E-state index contributed by atoms with van der Waals surface area (Å²) in [6.45, 7) is 1.10. The Bertz CT molecular complexity index is 1260. The van der Waals surface area contributed by atoms with Gasteiger partial charge in [0.05, 0.1) is 23.2 Å². The van der Waals surface area contributed by atoms with E-state index < -0.39 is 34.2 Å². The third-order valence-electron chi connectivity index (χ3n) is 5.17. The second-order valence-corrected chi connectivity index (χ2v) is 9.47. The van der Waals surface area contributed by atoms with E-state index >= 15 is 0 Å². The van der Waals surface area contributed by atoms with Gasteiger partial charge in [-0.2, -0.15) is 5.10 Å². The first-order valence-electron chi connectivity index (χ1n) is 10.3. The lowest BCUT2D eigenvalue weighted by Crippen LogP contribution is -2.27. The summed E-state index contributed by atoms with van der Waals surface area (Å²) in [5, 5.41) is 13.1. The molecule has 0 saturated heterocycles. The molecule has 0 aliphatic rings. The normalized spacial score (nSPS) is 12.2. The molecule has 3 rings (SSSR count). The number of hydrogen-bond donors (Lipinski definition) is 1. The maximum Gasteiger partial charge on any atom is 0.321 e. The quantitative estimate of drug-likeness (QED) is 0.343. The highest BCUT2D eigenvalue weighted by Gasteiger charge is 2.23. The molecule has 0 unspecified atom stereocenters. The number of halogens is 1. The molecule has 9 nitrogen and oxygen atoms in total. The number of aryl methyl sites for hydroxylation is 1. The van der Waals surface area contributed by atoms with Gasteiger partial charge in [0.25, 0.3) is 0 Å². The number of hydrogen-bond acceptors (Lipinski definition) is 7. The molecule has 2 aromatic carbocycles. The number of carbonyl (C=O) groups excluding carboxylic acids is 2. The van der Waals surface area contributed by atoms with Crippen LogP contribution >= 0.6 is 0 Å². The van der Waals surface area contributed by atoms with Gasteiger partial charge in [-0.05, 0) is 48.9 Å². The molecule has 1 amide bonds. The average molecular weight is 490 g/mol. The Morgan fingerprint density at radius 1 is 1.21 bits per heavy atom. The molecular formula is C23H24FN3O6S. The van der Waals surface area contributed by atoms with E-state index in [0.29, 0.717) is 29.0 Å². The first-order valence-corrected chi connectivity index (χ1v) is 11.9. The Kier molecular flexibility index (Phi) is 7.79. The number of benzene rings is 2. The van der Waals surface area contributed by atoms with Crippen molar-refractivity contribution < 1.29 is 32.2 Å². The van der Waals surface area contributed by atoms with Crippen LogP contribution in [0, 0.1) is 5.82 Å². The zero-order chi connectivity index (χ0) is 24.9. The van der Waals surface area contributed by atoms with Gasteiger partial charge in [-0.3, -0.25) is 19.2 Å². The molecule has 0 radical (unpaired) electrons. The lowest BCUT2D eigenvalue weighted by molar-refractivity contribution is -0.141. The molecular weight excluding hydrogens is 465 g/mol. The van der Waals surface area contributed by atoms with Gasteiger partial charge in [-0.25, -0.2) is 12.8 Å². The Hall–Kier alpha value is -3.57. The number of esters is 1. The summed E-state index contributed by atoms with van der Waals surface area (Å²) in [4.78, 5) is 25.0. The van der Waals surface area contributed by atoms with E-state index in [1.54, 1.807) is 44.3 Å². The Morgan fingerprint density at radius 2 is 1.85 bits per heavy atom. The van der Waals surface area contributed by atoms with Crippen molar-refractivity contribution >= 4 is 28.0 Å². The lowest BCUT2D eigenvalue weighted by Gasteiger charge is -2.25. The van der Waals surface area contributed by atoms with Crippen LogP contribution < -0.4 is 4.90 Å². The van der Waals surface area contributed by atoms with Crippen LogP contribution in [0.5, 0.6) is 0 Å². The fourth-order valence-corrected chi connectivity index (χ4v) is 4.47. The molecule has 1 heterocycles. The van der Waals surface area contributed by atoms with E-state index in [-0.39, 0.29) is 17.3 Å². The van der Waals surface area contributed by atoms with E-state index in [1.165, 1.54) is 33.8 Å². The van der Waals surface area contributed by atoms with Gasteiger partial charge in [0.15, 0.2) is 15.6 Å². The van der Waals surface area contributed by atoms with Crippen molar-refractivity contribution in [3.63, 3.8) is 0 Å². The van der Waals surface area contributed by atoms with Gasteiger partial charge < -0.3 is 9.84 Å². The number of anilines is 1. The third-order valence-corrected chi connectivity index (χ3v) is 6.78. The van der Waals surface area contributed by atoms with Crippen LogP contribution in [0.15, 0.2) is 59.5 Å². The Labute approximate surface area is 196 Å². The molecule has 1 N–H and O–H groups in total. The molecule has 0 aliphatic heterocycles. The summed E-state index contributed by atoms with van der Waals surface area (Å²) in [5.74, 6) is -1.67. The largest absolute Gasteiger partial charge is 0.462 e. The molecule has 34 heavy (non-hydrogen) atoms. The summed E-state index contributed by atoms with van der Waals surface area (Å²) >= 11 is 0. The zero-order valence-corrected chi connectivity index (χ0v) is 19.4. The number of rotatable bonds is 10. The van der Waals surface area contributed by atoms with E-state index in [2.05, 4.69) is 9.84 Å². The Morgan fingerprint density at radius 3 is 2.44 bits per heavy atom. The minimum atomic E-state index is -3.93. The van der Waals surface area contributed by atoms with Crippen molar-refractivity contribution in [2.75, 3.05) is 23.9 Å². The number of aliphatic hydroxyl groups is 1. The Balaban J connectivity index is 1.80. The first-order chi connectivity index (χ1) is 16.2. The molecule has 0 aliphatic carbocycles. The van der Waals surface area contributed by atoms with Crippen molar-refractivity contribution in [2.24, 2.45) is 7.05 Å². The monoisotopic (exact) mass is 489 g/mol.